The molecule has 10 heteroatoms. The molecule has 0 bridgehead atoms. The molecule has 3 heterocycles. The van der Waals surface area contributed by atoms with Crippen LogP contribution in [-0.4, -0.2) is 58.8 Å². The van der Waals surface area contributed by atoms with Gasteiger partial charge >= 0.3 is 6.03 Å². The maximum Gasteiger partial charge on any atom is 0.322 e. The Balaban J connectivity index is 1.36. The minimum atomic E-state index is -0.963. The van der Waals surface area contributed by atoms with Crippen LogP contribution in [0.4, 0.5) is 4.79 Å². The van der Waals surface area contributed by atoms with Gasteiger partial charge in [0.1, 0.15) is 11.1 Å². The largest absolute Gasteiger partial charge is 0.360 e. The molecular weight excluding hydrogens is 378 g/mol. The van der Waals surface area contributed by atoms with Crippen molar-refractivity contribution in [3.63, 3.8) is 0 Å². The quantitative estimate of drug-likeness (QED) is 0.515. The van der Waals surface area contributed by atoms with Crippen molar-refractivity contribution in [1.82, 2.24) is 25.8 Å². The number of piperidine rings is 1. The van der Waals surface area contributed by atoms with E-state index in [2.05, 4.69) is 20.9 Å². The number of urea groups is 1. The molecule has 1 aromatic carbocycles. The summed E-state index contributed by atoms with van der Waals surface area (Å²) in [7, 11) is 0. The molecule has 29 heavy (non-hydrogen) atoms. The van der Waals surface area contributed by atoms with Gasteiger partial charge in [-0.15, -0.1) is 0 Å². The van der Waals surface area contributed by atoms with E-state index in [1.807, 2.05) is 0 Å². The number of carbonyl (C=O) groups excluding carboxylic acids is 4. The fourth-order valence-electron chi connectivity index (χ4n) is 3.72. The van der Waals surface area contributed by atoms with E-state index in [0.717, 1.165) is 0 Å². The summed E-state index contributed by atoms with van der Waals surface area (Å²) in [4.78, 5) is 65.0. The van der Waals surface area contributed by atoms with Crippen molar-refractivity contribution in [3.05, 3.63) is 46.2 Å². The van der Waals surface area contributed by atoms with Crippen LogP contribution in [0.1, 0.15) is 23.2 Å². The van der Waals surface area contributed by atoms with E-state index in [1.165, 1.54) is 11.1 Å². The molecule has 0 aliphatic carbocycles. The highest BCUT2D eigenvalue weighted by atomic mass is 16.2. The lowest BCUT2D eigenvalue weighted by Gasteiger charge is -2.37. The summed E-state index contributed by atoms with van der Waals surface area (Å²) in [6, 6.07) is 6.32. The van der Waals surface area contributed by atoms with Crippen LogP contribution in [0, 0.1) is 0 Å². The number of amides is 5. The molecular formula is C19H19N5O5. The molecule has 0 atom stereocenters. The van der Waals surface area contributed by atoms with Gasteiger partial charge in [-0.25, -0.2) is 4.79 Å². The molecule has 1 spiro atoms. The second kappa shape index (κ2) is 7.04. The Morgan fingerprint density at radius 2 is 1.83 bits per heavy atom. The summed E-state index contributed by atoms with van der Waals surface area (Å²) in [5.74, 6) is -1.34. The number of rotatable bonds is 3. The minimum Gasteiger partial charge on any atom is -0.360 e. The highest BCUT2D eigenvalue weighted by Crippen LogP contribution is 2.25. The molecule has 1 aromatic heterocycles. The first-order valence-corrected chi connectivity index (χ1v) is 9.20. The molecule has 2 aromatic rings. The van der Waals surface area contributed by atoms with Crippen LogP contribution in [0.25, 0.3) is 10.9 Å². The number of benzene rings is 1. The van der Waals surface area contributed by atoms with Gasteiger partial charge in [0.05, 0.1) is 6.54 Å². The van der Waals surface area contributed by atoms with Gasteiger partial charge in [-0.1, -0.05) is 12.1 Å². The summed E-state index contributed by atoms with van der Waals surface area (Å²) in [5.41, 5.74) is -0.822. The lowest BCUT2D eigenvalue weighted by molar-refractivity contribution is -0.134. The molecule has 0 radical (unpaired) electrons. The number of nitrogens with one attached hydrogen (secondary N) is 4. The van der Waals surface area contributed by atoms with Gasteiger partial charge in [0, 0.05) is 30.2 Å². The zero-order chi connectivity index (χ0) is 20.6. The van der Waals surface area contributed by atoms with E-state index in [9.17, 15) is 24.0 Å². The number of hydrogen-bond donors (Lipinski definition) is 4. The number of para-hydroxylation sites is 1. The number of H-pyrrole nitrogens is 1. The lowest BCUT2D eigenvalue weighted by Crippen LogP contribution is -2.56. The average molecular weight is 397 g/mol. The summed E-state index contributed by atoms with van der Waals surface area (Å²) in [5, 5.41) is 7.71. The fraction of sp³-hybridized carbons (Fsp3) is 0.316. The van der Waals surface area contributed by atoms with Crippen molar-refractivity contribution < 1.29 is 19.2 Å². The molecule has 4 rings (SSSR count). The molecule has 2 aliphatic rings. The Morgan fingerprint density at radius 1 is 1.10 bits per heavy atom. The van der Waals surface area contributed by atoms with Gasteiger partial charge < -0.3 is 20.5 Å². The van der Waals surface area contributed by atoms with Crippen molar-refractivity contribution in [2.75, 3.05) is 19.6 Å². The predicted molar refractivity (Wildman–Crippen MR) is 102 cm³/mol. The summed E-state index contributed by atoms with van der Waals surface area (Å²) < 4.78 is 0. The van der Waals surface area contributed by atoms with Crippen LogP contribution >= 0.6 is 0 Å². The third-order valence-corrected chi connectivity index (χ3v) is 5.42. The number of carbonyl (C=O) groups is 4. The monoisotopic (exact) mass is 397 g/mol. The van der Waals surface area contributed by atoms with Gasteiger partial charge in [-0.05, 0) is 25.0 Å². The predicted octanol–water partition coefficient (Wildman–Crippen LogP) is -0.541. The first kappa shape index (κ1) is 18.7. The zero-order valence-electron chi connectivity index (χ0n) is 15.4. The standard InChI is InChI=1S/C19H19N5O5/c25-14(24-7-5-19(6-8-24)17(28)22-18(29)23-19)10-21-16(27)12-9-20-13-4-2-1-3-11(13)15(12)26/h1-4,9H,5-8,10H2,(H,20,26)(H,21,27)(H2,22,23,28,29). The van der Waals surface area contributed by atoms with Gasteiger partial charge in [0.2, 0.25) is 11.3 Å². The minimum absolute atomic E-state index is 0.0700. The van der Waals surface area contributed by atoms with Gasteiger partial charge in [0.15, 0.2) is 0 Å². The van der Waals surface area contributed by atoms with E-state index in [1.54, 1.807) is 24.3 Å². The third-order valence-electron chi connectivity index (χ3n) is 5.42. The molecule has 2 saturated heterocycles. The van der Waals surface area contributed by atoms with Crippen molar-refractivity contribution in [1.29, 1.82) is 0 Å². The Morgan fingerprint density at radius 3 is 2.52 bits per heavy atom. The van der Waals surface area contributed by atoms with E-state index < -0.39 is 22.9 Å². The Hall–Kier alpha value is -3.69. The topological polar surface area (TPSA) is 140 Å². The number of hydrogen-bond acceptors (Lipinski definition) is 5. The third kappa shape index (κ3) is 3.33. The average Bonchev–Trinajstić information content (AvgIpc) is 2.99. The molecule has 2 fully saturated rings. The molecule has 10 nitrogen and oxygen atoms in total. The van der Waals surface area contributed by atoms with E-state index in [0.29, 0.717) is 23.7 Å². The lowest BCUT2D eigenvalue weighted by atomic mass is 9.88. The first-order chi connectivity index (χ1) is 13.9. The number of aromatic nitrogens is 1. The fourth-order valence-corrected chi connectivity index (χ4v) is 3.72. The SMILES string of the molecule is O=C1NC(=O)C2(CCN(C(=O)CNC(=O)c3c[nH]c4ccccc4c3=O)CC2)N1. The Kier molecular flexibility index (Phi) is 4.53. The van der Waals surface area contributed by atoms with Gasteiger partial charge in [0.25, 0.3) is 11.8 Å². The molecule has 2 aliphatic heterocycles. The molecule has 0 saturated carbocycles. The van der Waals surface area contributed by atoms with Crippen LogP contribution in [0.2, 0.25) is 0 Å². The van der Waals surface area contributed by atoms with Crippen LogP contribution in [0.3, 0.4) is 0 Å². The molecule has 5 amide bonds. The van der Waals surface area contributed by atoms with Crippen molar-refractivity contribution in [3.8, 4) is 0 Å². The Bertz CT molecular complexity index is 1080. The maximum atomic E-state index is 12.5. The van der Waals surface area contributed by atoms with E-state index in [-0.39, 0.29) is 37.0 Å². The van der Waals surface area contributed by atoms with Crippen LogP contribution in [0.15, 0.2) is 35.3 Å². The number of pyridine rings is 1. The summed E-state index contributed by atoms with van der Waals surface area (Å²) in [6.45, 7) is 0.286. The number of imide groups is 1. The van der Waals surface area contributed by atoms with Gasteiger partial charge in [-0.3, -0.25) is 24.5 Å². The van der Waals surface area contributed by atoms with E-state index in [4.69, 9.17) is 0 Å². The van der Waals surface area contributed by atoms with Crippen LogP contribution in [0.5, 0.6) is 0 Å². The first-order valence-electron chi connectivity index (χ1n) is 9.20. The molecule has 150 valence electrons. The highest BCUT2D eigenvalue weighted by molar-refractivity contribution is 6.07. The smallest absolute Gasteiger partial charge is 0.322 e. The number of aromatic amines is 1. The normalized spacial score (nSPS) is 17.9. The maximum absolute atomic E-state index is 12.5. The van der Waals surface area contributed by atoms with Crippen molar-refractivity contribution in [2.24, 2.45) is 0 Å². The molecule has 4 N–H and O–H groups in total. The van der Waals surface area contributed by atoms with Crippen molar-refractivity contribution in [2.45, 2.75) is 18.4 Å². The van der Waals surface area contributed by atoms with Crippen LogP contribution < -0.4 is 21.4 Å². The van der Waals surface area contributed by atoms with Crippen molar-refractivity contribution >= 4 is 34.7 Å². The second-order valence-corrected chi connectivity index (χ2v) is 7.13. The second-order valence-electron chi connectivity index (χ2n) is 7.13. The highest BCUT2D eigenvalue weighted by Gasteiger charge is 2.48. The summed E-state index contributed by atoms with van der Waals surface area (Å²) in [6.07, 6.45) is 1.93. The number of nitrogens with zero attached hydrogens (tertiary/aromatic N) is 1. The van der Waals surface area contributed by atoms with Gasteiger partial charge in [-0.2, -0.15) is 0 Å². The van der Waals surface area contributed by atoms with Crippen LogP contribution in [-0.2, 0) is 9.59 Å². The number of likely N-dealkylation sites (tertiary alicyclic amines) is 1. The zero-order valence-corrected chi connectivity index (χ0v) is 15.4. The summed E-state index contributed by atoms with van der Waals surface area (Å²) >= 11 is 0. The van der Waals surface area contributed by atoms with E-state index >= 15 is 0 Å². The Labute approximate surface area is 164 Å². The molecule has 0 unspecified atom stereocenters. The number of fused-ring (bicyclic) bond motifs is 1.